The van der Waals surface area contributed by atoms with Gasteiger partial charge in [0.05, 0.1) is 24.6 Å². The zero-order valence-corrected chi connectivity index (χ0v) is 15.1. The summed E-state index contributed by atoms with van der Waals surface area (Å²) in [6.07, 6.45) is 1.51. The summed E-state index contributed by atoms with van der Waals surface area (Å²) in [4.78, 5) is 23.1. The van der Waals surface area contributed by atoms with Crippen LogP contribution in [-0.4, -0.2) is 31.0 Å². The fourth-order valence-electron chi connectivity index (χ4n) is 1.92. The average Bonchev–Trinajstić information content (AvgIpc) is 2.62. The predicted molar refractivity (Wildman–Crippen MR) is 101 cm³/mol. The van der Waals surface area contributed by atoms with E-state index in [2.05, 4.69) is 15.3 Å². The molecule has 25 heavy (non-hydrogen) atoms. The Balaban J connectivity index is 1.73. The molecule has 0 aliphatic rings. The molecule has 2 rings (SSSR count). The van der Waals surface area contributed by atoms with Gasteiger partial charge in [-0.25, -0.2) is 10.2 Å². The Morgan fingerprint density at radius 3 is 2.68 bits per heavy atom. The first kappa shape index (κ1) is 19.0. The fourth-order valence-corrected chi connectivity index (χ4v) is 2.90. The number of nitrogens with one attached hydrogen (secondary N) is 1. The molecule has 0 atom stereocenters. The third-order valence-electron chi connectivity index (χ3n) is 3.13. The number of nitrogens with zero attached hydrogens (tertiary/aromatic N) is 1. The van der Waals surface area contributed by atoms with E-state index in [-0.39, 0.29) is 5.91 Å². The number of hydrazone groups is 1. The lowest BCUT2D eigenvalue weighted by Gasteiger charge is -2.02. The number of esters is 1. The van der Waals surface area contributed by atoms with E-state index >= 15 is 0 Å². The fraction of sp³-hybridized carbons (Fsp3) is 0.167. The van der Waals surface area contributed by atoms with Crippen LogP contribution in [0.4, 0.5) is 0 Å². The van der Waals surface area contributed by atoms with E-state index in [9.17, 15) is 9.59 Å². The van der Waals surface area contributed by atoms with Gasteiger partial charge in [0, 0.05) is 10.8 Å². The summed E-state index contributed by atoms with van der Waals surface area (Å²) in [5.74, 6) is 0.417. The first-order valence-electron chi connectivity index (χ1n) is 7.41. The van der Waals surface area contributed by atoms with Crippen molar-refractivity contribution in [3.8, 4) is 0 Å². The third kappa shape index (κ3) is 6.60. The van der Waals surface area contributed by atoms with E-state index in [0.717, 1.165) is 11.1 Å². The topological polar surface area (TPSA) is 67.8 Å². The van der Waals surface area contributed by atoms with Crippen molar-refractivity contribution < 1.29 is 14.3 Å². The molecule has 0 saturated heterocycles. The second kappa shape index (κ2) is 9.86. The van der Waals surface area contributed by atoms with Crippen molar-refractivity contribution in [2.24, 2.45) is 5.10 Å². The van der Waals surface area contributed by atoms with Crippen molar-refractivity contribution in [1.29, 1.82) is 0 Å². The van der Waals surface area contributed by atoms with E-state index in [1.54, 1.807) is 24.3 Å². The number of hydrogen-bond donors (Lipinski definition) is 1. The molecule has 0 fully saturated rings. The largest absolute Gasteiger partial charge is 0.465 e. The monoisotopic (exact) mass is 376 g/mol. The summed E-state index contributed by atoms with van der Waals surface area (Å²) in [5, 5.41) is 4.59. The van der Waals surface area contributed by atoms with Gasteiger partial charge in [-0.05, 0) is 35.4 Å². The summed E-state index contributed by atoms with van der Waals surface area (Å²) >= 11 is 7.40. The SMILES string of the molecule is COC(=O)c1ccc(/C=N\NC(=O)CSCc2cccc(Cl)c2)cc1. The van der Waals surface area contributed by atoms with Crippen LogP contribution >= 0.6 is 23.4 Å². The molecule has 0 spiro atoms. The Labute approximate surface area is 155 Å². The highest BCUT2D eigenvalue weighted by Crippen LogP contribution is 2.16. The van der Waals surface area contributed by atoms with Gasteiger partial charge in [0.2, 0.25) is 5.91 Å². The Morgan fingerprint density at radius 2 is 2.00 bits per heavy atom. The molecule has 0 heterocycles. The van der Waals surface area contributed by atoms with Crippen LogP contribution in [0, 0.1) is 0 Å². The van der Waals surface area contributed by atoms with Crippen LogP contribution in [0.5, 0.6) is 0 Å². The normalized spacial score (nSPS) is 10.6. The Bertz CT molecular complexity index is 763. The molecule has 0 unspecified atom stereocenters. The predicted octanol–water partition coefficient (Wildman–Crippen LogP) is 3.51. The van der Waals surface area contributed by atoms with Crippen molar-refractivity contribution >= 4 is 41.5 Å². The van der Waals surface area contributed by atoms with Crippen molar-refractivity contribution in [2.75, 3.05) is 12.9 Å². The highest BCUT2D eigenvalue weighted by Gasteiger charge is 2.04. The highest BCUT2D eigenvalue weighted by molar-refractivity contribution is 7.99. The Hall–Kier alpha value is -2.31. The van der Waals surface area contributed by atoms with Gasteiger partial charge in [0.1, 0.15) is 0 Å². The first-order valence-corrected chi connectivity index (χ1v) is 8.94. The van der Waals surface area contributed by atoms with Crippen molar-refractivity contribution in [3.63, 3.8) is 0 Å². The van der Waals surface area contributed by atoms with Gasteiger partial charge in [-0.15, -0.1) is 11.8 Å². The van der Waals surface area contributed by atoms with Gasteiger partial charge in [0.25, 0.3) is 0 Å². The number of thioether (sulfide) groups is 1. The van der Waals surface area contributed by atoms with E-state index in [0.29, 0.717) is 22.1 Å². The van der Waals surface area contributed by atoms with E-state index in [1.165, 1.54) is 25.1 Å². The zero-order chi connectivity index (χ0) is 18.1. The van der Waals surface area contributed by atoms with E-state index < -0.39 is 5.97 Å². The quantitative estimate of drug-likeness (QED) is 0.456. The molecule has 2 aromatic carbocycles. The summed E-state index contributed by atoms with van der Waals surface area (Å²) in [6.45, 7) is 0. The number of benzene rings is 2. The number of carbonyl (C=O) groups excluding carboxylic acids is 2. The minimum Gasteiger partial charge on any atom is -0.465 e. The van der Waals surface area contributed by atoms with Crippen LogP contribution in [0.1, 0.15) is 21.5 Å². The maximum absolute atomic E-state index is 11.7. The standard InChI is InChI=1S/C18H17ClN2O3S/c1-24-18(23)15-7-5-13(6-8-15)10-20-21-17(22)12-25-11-14-3-2-4-16(19)9-14/h2-10H,11-12H2,1H3,(H,21,22)/b20-10-. The Kier molecular flexibility index (Phi) is 7.50. The molecule has 130 valence electrons. The summed E-state index contributed by atoms with van der Waals surface area (Å²) in [6, 6.07) is 14.2. The number of halogens is 1. The number of methoxy groups -OCH3 is 1. The third-order valence-corrected chi connectivity index (χ3v) is 4.36. The summed E-state index contributed by atoms with van der Waals surface area (Å²) in [7, 11) is 1.33. The molecular weight excluding hydrogens is 360 g/mol. The second-order valence-corrected chi connectivity index (χ2v) is 6.45. The summed E-state index contributed by atoms with van der Waals surface area (Å²) in [5.41, 5.74) is 4.76. The molecule has 0 aromatic heterocycles. The molecule has 0 radical (unpaired) electrons. The van der Waals surface area contributed by atoms with Gasteiger partial charge >= 0.3 is 5.97 Å². The number of hydrogen-bond acceptors (Lipinski definition) is 5. The molecular formula is C18H17ClN2O3S. The van der Waals surface area contributed by atoms with Crippen molar-refractivity contribution in [1.82, 2.24) is 5.43 Å². The maximum atomic E-state index is 11.7. The molecule has 0 aliphatic heterocycles. The first-order chi connectivity index (χ1) is 12.1. The molecule has 1 amide bonds. The second-order valence-electron chi connectivity index (χ2n) is 5.03. The number of ether oxygens (including phenoxy) is 1. The van der Waals surface area contributed by atoms with Crippen LogP contribution in [0.3, 0.4) is 0 Å². The summed E-state index contributed by atoms with van der Waals surface area (Å²) < 4.78 is 4.63. The average molecular weight is 377 g/mol. The smallest absolute Gasteiger partial charge is 0.337 e. The van der Waals surface area contributed by atoms with Gasteiger partial charge in [-0.1, -0.05) is 35.9 Å². The number of carbonyl (C=O) groups is 2. The van der Waals surface area contributed by atoms with Gasteiger partial charge < -0.3 is 4.74 Å². The lowest BCUT2D eigenvalue weighted by atomic mass is 10.1. The molecule has 2 aromatic rings. The highest BCUT2D eigenvalue weighted by atomic mass is 35.5. The number of rotatable bonds is 7. The lowest BCUT2D eigenvalue weighted by Crippen LogP contribution is -2.19. The molecule has 1 N–H and O–H groups in total. The molecule has 0 bridgehead atoms. The van der Waals surface area contributed by atoms with Crippen LogP contribution < -0.4 is 5.43 Å². The molecule has 7 heteroatoms. The lowest BCUT2D eigenvalue weighted by molar-refractivity contribution is -0.118. The zero-order valence-electron chi connectivity index (χ0n) is 13.6. The van der Waals surface area contributed by atoms with Crippen LogP contribution in [0.2, 0.25) is 5.02 Å². The number of amides is 1. The van der Waals surface area contributed by atoms with Gasteiger partial charge in [-0.2, -0.15) is 5.10 Å². The molecule has 0 saturated carbocycles. The van der Waals surface area contributed by atoms with Crippen LogP contribution in [0.15, 0.2) is 53.6 Å². The van der Waals surface area contributed by atoms with Crippen molar-refractivity contribution in [3.05, 3.63) is 70.2 Å². The minimum atomic E-state index is -0.395. The van der Waals surface area contributed by atoms with Gasteiger partial charge in [-0.3, -0.25) is 4.79 Å². The molecule has 0 aliphatic carbocycles. The molecule has 5 nitrogen and oxygen atoms in total. The van der Waals surface area contributed by atoms with Gasteiger partial charge in [0.15, 0.2) is 0 Å². The van der Waals surface area contributed by atoms with E-state index in [4.69, 9.17) is 11.6 Å². The Morgan fingerprint density at radius 1 is 1.24 bits per heavy atom. The minimum absolute atomic E-state index is 0.186. The van der Waals surface area contributed by atoms with E-state index in [1.807, 2.05) is 24.3 Å². The maximum Gasteiger partial charge on any atom is 0.337 e. The van der Waals surface area contributed by atoms with Crippen LogP contribution in [-0.2, 0) is 15.3 Å². The van der Waals surface area contributed by atoms with Crippen LogP contribution in [0.25, 0.3) is 0 Å². The van der Waals surface area contributed by atoms with Crippen molar-refractivity contribution in [2.45, 2.75) is 5.75 Å².